The van der Waals surface area contributed by atoms with Crippen molar-refractivity contribution >= 4 is 5.97 Å². The van der Waals surface area contributed by atoms with E-state index in [1.807, 2.05) is 37.3 Å². The van der Waals surface area contributed by atoms with E-state index in [9.17, 15) is 4.79 Å². The molecule has 1 radical (unpaired) electrons. The Balaban J connectivity index is 2.34. The van der Waals surface area contributed by atoms with Crippen LogP contribution in [0.25, 0.3) is 0 Å². The second-order valence-electron chi connectivity index (χ2n) is 3.84. The molecule has 0 aliphatic carbocycles. The SMILES string of the molecule is CCCC[CH]C(=O)OC(C)c1ccccc1. The van der Waals surface area contributed by atoms with Crippen molar-refractivity contribution < 1.29 is 9.53 Å². The third-order valence-electron chi connectivity index (χ3n) is 2.43. The minimum atomic E-state index is -0.218. The average molecular weight is 219 g/mol. The third kappa shape index (κ3) is 4.47. The zero-order chi connectivity index (χ0) is 11.8. The summed E-state index contributed by atoms with van der Waals surface area (Å²) in [6, 6.07) is 9.76. The maximum Gasteiger partial charge on any atom is 0.310 e. The van der Waals surface area contributed by atoms with Gasteiger partial charge in [0.2, 0.25) is 0 Å². The van der Waals surface area contributed by atoms with Gasteiger partial charge in [-0.3, -0.25) is 4.79 Å². The van der Waals surface area contributed by atoms with Crippen LogP contribution in [0.4, 0.5) is 0 Å². The van der Waals surface area contributed by atoms with Crippen LogP contribution in [-0.4, -0.2) is 5.97 Å². The Morgan fingerprint density at radius 1 is 1.38 bits per heavy atom. The molecule has 87 valence electrons. The van der Waals surface area contributed by atoms with E-state index in [1.165, 1.54) is 0 Å². The van der Waals surface area contributed by atoms with Gasteiger partial charge < -0.3 is 4.74 Å². The van der Waals surface area contributed by atoms with Crippen molar-refractivity contribution in [3.8, 4) is 0 Å². The third-order valence-corrected chi connectivity index (χ3v) is 2.43. The second kappa shape index (κ2) is 7.04. The normalized spacial score (nSPS) is 12.1. The van der Waals surface area contributed by atoms with Crippen LogP contribution in [0.1, 0.15) is 44.8 Å². The van der Waals surface area contributed by atoms with Gasteiger partial charge in [0.05, 0.1) is 6.42 Å². The van der Waals surface area contributed by atoms with Crippen LogP contribution in [-0.2, 0) is 9.53 Å². The highest BCUT2D eigenvalue weighted by Crippen LogP contribution is 2.16. The molecule has 0 aliphatic rings. The quantitative estimate of drug-likeness (QED) is 0.539. The molecule has 1 rings (SSSR count). The van der Waals surface area contributed by atoms with Gasteiger partial charge in [0, 0.05) is 0 Å². The van der Waals surface area contributed by atoms with E-state index < -0.39 is 0 Å². The molecule has 1 aromatic rings. The number of carbonyl (C=O) groups excluding carboxylic acids is 1. The highest BCUT2D eigenvalue weighted by molar-refractivity contribution is 5.78. The van der Waals surface area contributed by atoms with Gasteiger partial charge in [-0.2, -0.15) is 0 Å². The van der Waals surface area contributed by atoms with Crippen LogP contribution in [0.5, 0.6) is 0 Å². The van der Waals surface area contributed by atoms with E-state index in [0.717, 1.165) is 24.8 Å². The number of esters is 1. The first kappa shape index (κ1) is 12.8. The van der Waals surface area contributed by atoms with Gasteiger partial charge in [0.1, 0.15) is 6.10 Å². The number of hydrogen-bond donors (Lipinski definition) is 0. The van der Waals surface area contributed by atoms with Gasteiger partial charge in [0.25, 0.3) is 0 Å². The van der Waals surface area contributed by atoms with Crippen LogP contribution in [0, 0.1) is 6.42 Å². The highest BCUT2D eigenvalue weighted by Gasteiger charge is 2.10. The summed E-state index contributed by atoms with van der Waals surface area (Å²) in [6.07, 6.45) is 4.39. The number of benzene rings is 1. The van der Waals surface area contributed by atoms with Gasteiger partial charge in [-0.25, -0.2) is 0 Å². The summed E-state index contributed by atoms with van der Waals surface area (Å²) in [5, 5.41) is 0. The molecule has 0 saturated carbocycles. The molecule has 0 saturated heterocycles. The predicted octanol–water partition coefficient (Wildman–Crippen LogP) is 3.69. The van der Waals surface area contributed by atoms with E-state index >= 15 is 0 Å². The van der Waals surface area contributed by atoms with Gasteiger partial charge in [-0.1, -0.05) is 50.1 Å². The predicted molar refractivity (Wildman–Crippen MR) is 64.8 cm³/mol. The first-order valence-corrected chi connectivity index (χ1v) is 5.82. The molecule has 1 atom stereocenters. The maximum absolute atomic E-state index is 11.4. The summed E-state index contributed by atoms with van der Waals surface area (Å²) in [7, 11) is 0. The first-order chi connectivity index (χ1) is 7.74. The van der Waals surface area contributed by atoms with Crippen molar-refractivity contribution in [2.24, 2.45) is 0 Å². The molecule has 0 N–H and O–H groups in total. The van der Waals surface area contributed by atoms with Crippen LogP contribution in [0.2, 0.25) is 0 Å². The molecule has 0 amide bonds. The molecule has 0 aliphatic heterocycles. The van der Waals surface area contributed by atoms with Gasteiger partial charge >= 0.3 is 5.97 Å². The lowest BCUT2D eigenvalue weighted by Crippen LogP contribution is -2.09. The van der Waals surface area contributed by atoms with E-state index in [-0.39, 0.29) is 12.1 Å². The molecule has 2 nitrogen and oxygen atoms in total. The zero-order valence-corrected chi connectivity index (χ0v) is 9.98. The van der Waals surface area contributed by atoms with Crippen LogP contribution < -0.4 is 0 Å². The Labute approximate surface area is 97.6 Å². The molecule has 1 unspecified atom stereocenters. The Morgan fingerprint density at radius 3 is 2.69 bits per heavy atom. The van der Waals surface area contributed by atoms with E-state index in [0.29, 0.717) is 0 Å². The molecule has 0 bridgehead atoms. The smallest absolute Gasteiger partial charge is 0.310 e. The lowest BCUT2D eigenvalue weighted by molar-refractivity contribution is -0.144. The fraction of sp³-hybridized carbons (Fsp3) is 0.429. The standard InChI is InChI=1S/C14H19O2/c1-3-4-6-11-14(15)16-12(2)13-9-7-5-8-10-13/h5,7-12H,3-4,6H2,1-2H3. The Morgan fingerprint density at radius 2 is 2.06 bits per heavy atom. The minimum absolute atomic E-state index is 0.174. The first-order valence-electron chi connectivity index (χ1n) is 5.82. The molecule has 0 heterocycles. The summed E-state index contributed by atoms with van der Waals surface area (Å²) < 4.78 is 5.29. The number of hydrogen-bond acceptors (Lipinski definition) is 2. The Kier molecular flexibility index (Phi) is 5.62. The van der Waals surface area contributed by atoms with E-state index in [1.54, 1.807) is 6.42 Å². The fourth-order valence-corrected chi connectivity index (χ4v) is 1.44. The number of carbonyl (C=O) groups is 1. The van der Waals surface area contributed by atoms with Crippen LogP contribution in [0.3, 0.4) is 0 Å². The minimum Gasteiger partial charge on any atom is -0.458 e. The molecule has 1 aromatic carbocycles. The number of rotatable bonds is 6. The number of ether oxygens (including phenoxy) is 1. The van der Waals surface area contributed by atoms with E-state index in [2.05, 4.69) is 6.92 Å². The maximum atomic E-state index is 11.4. The van der Waals surface area contributed by atoms with Crippen molar-refractivity contribution in [2.45, 2.75) is 39.2 Å². The topological polar surface area (TPSA) is 26.3 Å². The largest absolute Gasteiger partial charge is 0.458 e. The number of unbranched alkanes of at least 4 members (excludes halogenated alkanes) is 2. The van der Waals surface area contributed by atoms with Crippen molar-refractivity contribution in [3.63, 3.8) is 0 Å². The van der Waals surface area contributed by atoms with Crippen molar-refractivity contribution in [1.82, 2.24) is 0 Å². The molecule has 16 heavy (non-hydrogen) atoms. The van der Waals surface area contributed by atoms with E-state index in [4.69, 9.17) is 4.74 Å². The van der Waals surface area contributed by atoms with Gasteiger partial charge in [-0.05, 0) is 18.9 Å². The zero-order valence-electron chi connectivity index (χ0n) is 9.98. The van der Waals surface area contributed by atoms with Crippen molar-refractivity contribution in [1.29, 1.82) is 0 Å². The molecule has 0 fully saturated rings. The highest BCUT2D eigenvalue weighted by atomic mass is 16.5. The molecule has 2 heteroatoms. The Hall–Kier alpha value is -1.31. The molecular formula is C14H19O2. The summed E-state index contributed by atoms with van der Waals surface area (Å²) in [5.41, 5.74) is 1.03. The fourth-order valence-electron chi connectivity index (χ4n) is 1.44. The van der Waals surface area contributed by atoms with Crippen LogP contribution >= 0.6 is 0 Å². The summed E-state index contributed by atoms with van der Waals surface area (Å²) in [5.74, 6) is -0.218. The monoisotopic (exact) mass is 219 g/mol. The van der Waals surface area contributed by atoms with Crippen LogP contribution in [0.15, 0.2) is 30.3 Å². The van der Waals surface area contributed by atoms with Gasteiger partial charge in [-0.15, -0.1) is 0 Å². The Bertz CT molecular complexity index is 306. The summed E-state index contributed by atoms with van der Waals surface area (Å²) in [4.78, 5) is 11.4. The molecular weight excluding hydrogens is 200 g/mol. The summed E-state index contributed by atoms with van der Waals surface area (Å²) in [6.45, 7) is 3.99. The lowest BCUT2D eigenvalue weighted by atomic mass is 10.1. The average Bonchev–Trinajstić information content (AvgIpc) is 2.30. The molecule has 0 spiro atoms. The van der Waals surface area contributed by atoms with Crippen molar-refractivity contribution in [3.05, 3.63) is 42.3 Å². The van der Waals surface area contributed by atoms with Gasteiger partial charge in [0.15, 0.2) is 0 Å². The summed E-state index contributed by atoms with van der Waals surface area (Å²) >= 11 is 0. The van der Waals surface area contributed by atoms with Crippen molar-refractivity contribution in [2.75, 3.05) is 0 Å². The lowest BCUT2D eigenvalue weighted by Gasteiger charge is -2.13. The molecule has 0 aromatic heterocycles. The second-order valence-corrected chi connectivity index (χ2v) is 3.84.